The molecule has 0 fully saturated rings. The van der Waals surface area contributed by atoms with Crippen molar-refractivity contribution in [2.24, 2.45) is 0 Å². The van der Waals surface area contributed by atoms with Gasteiger partial charge in [0, 0.05) is 5.57 Å². The number of carbonyl (C=O) groups excluding carboxylic acids is 1. The van der Waals surface area contributed by atoms with Gasteiger partial charge in [0.15, 0.2) is 0 Å². The first-order valence-electron chi connectivity index (χ1n) is 8.78. The molecule has 0 heterocycles. The minimum absolute atomic E-state index is 0.154. The van der Waals surface area contributed by atoms with Crippen molar-refractivity contribution < 1.29 is 29.3 Å². The fraction of sp³-hybridized carbons (Fsp3) is 0.722. The third-order valence-corrected chi connectivity index (χ3v) is 3.74. The molecule has 0 unspecified atom stereocenters. The number of unbranched alkanes of at least 4 members (excludes halogenated alkanes) is 6. The van der Waals surface area contributed by atoms with E-state index < -0.39 is 24.3 Å². The number of hydrogen-bond donors (Lipinski definition) is 2. The van der Waals surface area contributed by atoms with Crippen molar-refractivity contribution in [1.82, 2.24) is 0 Å². The predicted molar refractivity (Wildman–Crippen MR) is 90.8 cm³/mol. The Morgan fingerprint density at radius 3 is 1.79 bits per heavy atom. The van der Waals surface area contributed by atoms with Gasteiger partial charge in [-0.1, -0.05) is 52.4 Å². The van der Waals surface area contributed by atoms with Crippen LogP contribution in [0.25, 0.3) is 0 Å². The lowest BCUT2D eigenvalue weighted by Gasteiger charge is -2.09. The van der Waals surface area contributed by atoms with Crippen molar-refractivity contribution in [2.75, 3.05) is 6.61 Å². The summed E-state index contributed by atoms with van der Waals surface area (Å²) in [4.78, 5) is 34.5. The molecule has 0 aromatic heterocycles. The van der Waals surface area contributed by atoms with E-state index in [1.807, 2.05) is 6.92 Å². The van der Waals surface area contributed by atoms with Crippen LogP contribution in [0.15, 0.2) is 11.1 Å². The van der Waals surface area contributed by atoms with Gasteiger partial charge in [-0.05, 0) is 19.3 Å². The Morgan fingerprint density at radius 1 is 0.750 bits per heavy atom. The summed E-state index contributed by atoms with van der Waals surface area (Å²) in [5.41, 5.74) is -0.556. The molecule has 0 rings (SSSR count). The van der Waals surface area contributed by atoms with Crippen LogP contribution in [0.3, 0.4) is 0 Å². The van der Waals surface area contributed by atoms with Crippen molar-refractivity contribution in [2.45, 2.75) is 78.1 Å². The quantitative estimate of drug-likeness (QED) is 0.282. The molecule has 0 bridgehead atoms. The first-order valence-corrected chi connectivity index (χ1v) is 8.78. The third-order valence-electron chi connectivity index (χ3n) is 3.74. The Bertz CT molecular complexity index is 439. The van der Waals surface area contributed by atoms with Crippen molar-refractivity contribution >= 4 is 17.9 Å². The van der Waals surface area contributed by atoms with Gasteiger partial charge in [-0.3, -0.25) is 4.79 Å². The van der Waals surface area contributed by atoms with Crippen LogP contribution in [0.2, 0.25) is 0 Å². The minimum Gasteiger partial charge on any atom is -0.478 e. The van der Waals surface area contributed by atoms with E-state index in [4.69, 9.17) is 4.74 Å². The second-order valence-corrected chi connectivity index (χ2v) is 5.84. The zero-order valence-electron chi connectivity index (χ0n) is 14.8. The van der Waals surface area contributed by atoms with E-state index in [9.17, 15) is 24.6 Å². The second kappa shape index (κ2) is 13.6. The highest BCUT2D eigenvalue weighted by Gasteiger charge is 2.23. The van der Waals surface area contributed by atoms with Gasteiger partial charge in [0.05, 0.1) is 18.6 Å². The molecule has 0 saturated heterocycles. The smallest absolute Gasteiger partial charge is 0.332 e. The third kappa shape index (κ3) is 10.0. The van der Waals surface area contributed by atoms with Gasteiger partial charge in [-0.15, -0.1) is 0 Å². The molecule has 2 N–H and O–H groups in total. The number of hydrogen-bond acceptors (Lipinski definition) is 4. The SMILES string of the molecule is CCCCCCOC(=O)C/C(C(=O)O)=C(/CCCCCC)C(=O)O. The fourth-order valence-electron chi connectivity index (χ4n) is 2.34. The van der Waals surface area contributed by atoms with Crippen LogP contribution >= 0.6 is 0 Å². The Balaban J connectivity index is 4.71. The average molecular weight is 342 g/mol. The van der Waals surface area contributed by atoms with E-state index >= 15 is 0 Å². The molecule has 0 saturated carbocycles. The van der Waals surface area contributed by atoms with Gasteiger partial charge in [0.2, 0.25) is 0 Å². The topological polar surface area (TPSA) is 101 Å². The molecule has 6 nitrogen and oxygen atoms in total. The van der Waals surface area contributed by atoms with Gasteiger partial charge in [-0.2, -0.15) is 0 Å². The van der Waals surface area contributed by atoms with Gasteiger partial charge in [-0.25, -0.2) is 9.59 Å². The molecule has 0 aliphatic heterocycles. The molecular formula is C18H30O6. The first kappa shape index (κ1) is 22.1. The summed E-state index contributed by atoms with van der Waals surface area (Å²) >= 11 is 0. The van der Waals surface area contributed by atoms with Crippen LogP contribution < -0.4 is 0 Å². The van der Waals surface area contributed by atoms with E-state index in [2.05, 4.69) is 6.92 Å². The molecule has 0 amide bonds. The normalized spacial score (nSPS) is 11.8. The molecule has 138 valence electrons. The Morgan fingerprint density at radius 2 is 1.29 bits per heavy atom. The monoisotopic (exact) mass is 342 g/mol. The van der Waals surface area contributed by atoms with Gasteiger partial charge < -0.3 is 14.9 Å². The van der Waals surface area contributed by atoms with Crippen molar-refractivity contribution in [3.63, 3.8) is 0 Å². The summed E-state index contributed by atoms with van der Waals surface area (Å²) in [6, 6.07) is 0. The molecule has 0 aromatic rings. The zero-order valence-corrected chi connectivity index (χ0v) is 14.8. The summed E-state index contributed by atoms with van der Waals surface area (Å²) in [6.07, 6.45) is 6.85. The van der Waals surface area contributed by atoms with E-state index in [-0.39, 0.29) is 24.2 Å². The zero-order chi connectivity index (χ0) is 18.4. The average Bonchev–Trinajstić information content (AvgIpc) is 2.52. The van der Waals surface area contributed by atoms with Crippen LogP contribution in [0.1, 0.15) is 78.1 Å². The number of carboxylic acid groups (broad SMARTS) is 2. The summed E-state index contributed by atoms with van der Waals surface area (Å²) in [7, 11) is 0. The molecule has 0 aromatic carbocycles. The van der Waals surface area contributed by atoms with E-state index in [0.29, 0.717) is 6.42 Å². The summed E-state index contributed by atoms with van der Waals surface area (Å²) in [6.45, 7) is 4.35. The van der Waals surface area contributed by atoms with E-state index in [0.717, 1.165) is 44.9 Å². The number of ether oxygens (including phenoxy) is 1. The van der Waals surface area contributed by atoms with Gasteiger partial charge >= 0.3 is 17.9 Å². The van der Waals surface area contributed by atoms with E-state index in [1.54, 1.807) is 0 Å². The van der Waals surface area contributed by atoms with Crippen LogP contribution in [0, 0.1) is 0 Å². The highest BCUT2D eigenvalue weighted by atomic mass is 16.5. The van der Waals surface area contributed by atoms with Gasteiger partial charge in [0.25, 0.3) is 0 Å². The summed E-state index contributed by atoms with van der Waals surface area (Å²) < 4.78 is 5.01. The number of aliphatic carboxylic acids is 2. The Kier molecular flexibility index (Phi) is 12.5. The van der Waals surface area contributed by atoms with Crippen molar-refractivity contribution in [3.8, 4) is 0 Å². The number of carbonyl (C=O) groups is 3. The maximum absolute atomic E-state index is 11.8. The molecule has 0 radical (unpaired) electrons. The first-order chi connectivity index (χ1) is 11.4. The highest BCUT2D eigenvalue weighted by Crippen LogP contribution is 2.18. The lowest BCUT2D eigenvalue weighted by Crippen LogP contribution is -2.16. The number of rotatable bonds is 14. The molecular weight excluding hydrogens is 312 g/mol. The van der Waals surface area contributed by atoms with E-state index in [1.165, 1.54) is 0 Å². The van der Waals surface area contributed by atoms with Crippen LogP contribution in [0.4, 0.5) is 0 Å². The summed E-state index contributed by atoms with van der Waals surface area (Å²) in [5, 5.41) is 18.5. The molecule has 0 spiro atoms. The summed E-state index contributed by atoms with van der Waals surface area (Å²) in [5.74, 6) is -3.33. The predicted octanol–water partition coefficient (Wildman–Crippen LogP) is 3.94. The lowest BCUT2D eigenvalue weighted by atomic mass is 9.99. The van der Waals surface area contributed by atoms with Gasteiger partial charge in [0.1, 0.15) is 0 Å². The Labute approximate surface area is 143 Å². The minimum atomic E-state index is -1.37. The molecule has 0 atom stereocenters. The maximum Gasteiger partial charge on any atom is 0.332 e. The molecule has 0 aliphatic carbocycles. The molecule has 6 heteroatoms. The largest absolute Gasteiger partial charge is 0.478 e. The second-order valence-electron chi connectivity index (χ2n) is 5.84. The number of esters is 1. The van der Waals surface area contributed by atoms with Crippen LogP contribution in [-0.2, 0) is 19.1 Å². The molecule has 24 heavy (non-hydrogen) atoms. The Hall–Kier alpha value is -1.85. The standard InChI is InChI=1S/C18H30O6/c1-3-5-7-9-11-14(17(20)21)15(18(22)23)13-16(19)24-12-10-8-6-4-2/h3-13H2,1-2H3,(H,20,21)(H,22,23)/b15-14+. The number of carboxylic acids is 2. The lowest BCUT2D eigenvalue weighted by molar-refractivity contribution is -0.145. The van der Waals surface area contributed by atoms with Crippen molar-refractivity contribution in [1.29, 1.82) is 0 Å². The van der Waals surface area contributed by atoms with Crippen LogP contribution in [-0.4, -0.2) is 34.7 Å². The highest BCUT2D eigenvalue weighted by molar-refractivity contribution is 6.01. The fourth-order valence-corrected chi connectivity index (χ4v) is 2.34. The maximum atomic E-state index is 11.8. The van der Waals surface area contributed by atoms with Crippen molar-refractivity contribution in [3.05, 3.63) is 11.1 Å². The molecule has 0 aliphatic rings. The van der Waals surface area contributed by atoms with Crippen LogP contribution in [0.5, 0.6) is 0 Å².